The smallest absolute Gasteiger partial charge is 0.228 e. The van der Waals surface area contributed by atoms with Crippen molar-refractivity contribution < 1.29 is 18.7 Å². The van der Waals surface area contributed by atoms with Gasteiger partial charge in [-0.1, -0.05) is 12.1 Å². The fraction of sp³-hybridized carbons (Fsp3) is 0.650. The minimum atomic E-state index is -0.433. The van der Waals surface area contributed by atoms with E-state index in [-0.39, 0.29) is 29.3 Å². The van der Waals surface area contributed by atoms with Crippen molar-refractivity contribution >= 4 is 5.91 Å². The van der Waals surface area contributed by atoms with Crippen molar-refractivity contribution in [3.8, 4) is 0 Å². The zero-order valence-electron chi connectivity index (χ0n) is 14.7. The Balaban J connectivity index is 1.51. The summed E-state index contributed by atoms with van der Waals surface area (Å²) in [5, 5.41) is 3.18. The van der Waals surface area contributed by atoms with Gasteiger partial charge in [0, 0.05) is 25.2 Å². The van der Waals surface area contributed by atoms with Crippen molar-refractivity contribution in [3.05, 3.63) is 35.6 Å². The highest BCUT2D eigenvalue weighted by atomic mass is 19.1. The number of benzene rings is 1. The van der Waals surface area contributed by atoms with Crippen LogP contribution in [0, 0.1) is 11.2 Å². The van der Waals surface area contributed by atoms with Crippen LogP contribution in [0.1, 0.15) is 44.6 Å². The van der Waals surface area contributed by atoms with E-state index in [2.05, 4.69) is 5.32 Å². The van der Waals surface area contributed by atoms with Crippen LogP contribution in [0.5, 0.6) is 0 Å². The predicted molar refractivity (Wildman–Crippen MR) is 91.8 cm³/mol. The van der Waals surface area contributed by atoms with Gasteiger partial charge in [-0.25, -0.2) is 4.39 Å². The molecule has 0 saturated carbocycles. The van der Waals surface area contributed by atoms with Crippen molar-refractivity contribution in [2.75, 3.05) is 19.8 Å². The lowest BCUT2D eigenvalue weighted by molar-refractivity contribution is -0.133. The summed E-state index contributed by atoms with van der Waals surface area (Å²) < 4.78 is 25.2. The van der Waals surface area contributed by atoms with Crippen molar-refractivity contribution in [2.24, 2.45) is 5.41 Å². The first-order valence-electron chi connectivity index (χ1n) is 9.29. The average Bonchev–Trinajstić information content (AvgIpc) is 3.21. The maximum atomic E-state index is 13.8. The fourth-order valence-corrected chi connectivity index (χ4v) is 4.77. The molecule has 3 unspecified atom stereocenters. The van der Waals surface area contributed by atoms with Gasteiger partial charge in [-0.3, -0.25) is 4.79 Å². The predicted octanol–water partition coefficient (Wildman–Crippen LogP) is 2.95. The van der Waals surface area contributed by atoms with Crippen LogP contribution in [-0.2, 0) is 19.7 Å². The van der Waals surface area contributed by atoms with Crippen LogP contribution in [0.4, 0.5) is 4.39 Å². The van der Waals surface area contributed by atoms with Crippen LogP contribution in [0.25, 0.3) is 0 Å². The third-order valence-corrected chi connectivity index (χ3v) is 6.46. The Morgan fingerprint density at radius 3 is 2.76 bits per heavy atom. The van der Waals surface area contributed by atoms with Crippen LogP contribution in [0.3, 0.4) is 0 Å². The summed E-state index contributed by atoms with van der Waals surface area (Å²) in [7, 11) is 0. The molecule has 136 valence electrons. The Bertz CT molecular complexity index is 658. The summed E-state index contributed by atoms with van der Waals surface area (Å²) in [5.74, 6) is -0.162. The van der Waals surface area contributed by atoms with Crippen LogP contribution >= 0.6 is 0 Å². The summed E-state index contributed by atoms with van der Waals surface area (Å²) in [4.78, 5) is 12.9. The first-order valence-corrected chi connectivity index (χ1v) is 9.29. The number of ether oxygens (including phenoxy) is 2. The second-order valence-corrected chi connectivity index (χ2v) is 8.03. The molecule has 3 aliphatic rings. The van der Waals surface area contributed by atoms with Gasteiger partial charge in [0.2, 0.25) is 5.91 Å². The monoisotopic (exact) mass is 347 g/mol. The molecule has 1 aromatic carbocycles. The Morgan fingerprint density at radius 1 is 1.32 bits per heavy atom. The van der Waals surface area contributed by atoms with E-state index in [9.17, 15) is 9.18 Å². The summed E-state index contributed by atoms with van der Waals surface area (Å²) >= 11 is 0. The molecule has 1 N–H and O–H groups in total. The Kier molecular flexibility index (Phi) is 4.32. The maximum absolute atomic E-state index is 13.8. The number of amides is 1. The van der Waals surface area contributed by atoms with Gasteiger partial charge in [0.25, 0.3) is 0 Å². The van der Waals surface area contributed by atoms with E-state index in [0.717, 1.165) is 37.7 Å². The molecule has 3 fully saturated rings. The number of hydrogen-bond acceptors (Lipinski definition) is 3. The van der Waals surface area contributed by atoms with Crippen molar-refractivity contribution in [2.45, 2.75) is 56.7 Å². The second kappa shape index (κ2) is 6.36. The minimum absolute atomic E-state index is 0.0392. The molecule has 0 aromatic heterocycles. The molecule has 3 heterocycles. The van der Waals surface area contributed by atoms with Gasteiger partial charge < -0.3 is 14.8 Å². The lowest BCUT2D eigenvalue weighted by Crippen LogP contribution is -2.50. The summed E-state index contributed by atoms with van der Waals surface area (Å²) in [5.41, 5.74) is 0.257. The van der Waals surface area contributed by atoms with Crippen LogP contribution in [0.15, 0.2) is 24.3 Å². The highest BCUT2D eigenvalue weighted by Gasteiger charge is 2.54. The largest absolute Gasteiger partial charge is 0.381 e. The molecule has 1 aromatic rings. The molecule has 25 heavy (non-hydrogen) atoms. The molecule has 3 saturated heterocycles. The van der Waals surface area contributed by atoms with Gasteiger partial charge in [0.1, 0.15) is 5.82 Å². The summed E-state index contributed by atoms with van der Waals surface area (Å²) in [6.07, 6.45) is 4.69. The molecule has 3 atom stereocenters. The Hall–Kier alpha value is -1.46. The quantitative estimate of drug-likeness (QED) is 0.911. The van der Waals surface area contributed by atoms with E-state index in [1.54, 1.807) is 12.1 Å². The third kappa shape index (κ3) is 2.97. The third-order valence-electron chi connectivity index (χ3n) is 6.46. The van der Waals surface area contributed by atoms with E-state index < -0.39 is 5.41 Å². The average molecular weight is 347 g/mol. The zero-order valence-corrected chi connectivity index (χ0v) is 14.7. The fourth-order valence-electron chi connectivity index (χ4n) is 4.77. The molecular formula is C20H26FNO3. The van der Waals surface area contributed by atoms with Gasteiger partial charge in [-0.15, -0.1) is 0 Å². The molecule has 1 amide bonds. The van der Waals surface area contributed by atoms with Gasteiger partial charge in [-0.05, 0) is 56.7 Å². The van der Waals surface area contributed by atoms with Gasteiger partial charge >= 0.3 is 0 Å². The number of carbonyl (C=O) groups excluding carboxylic acids is 1. The van der Waals surface area contributed by atoms with Gasteiger partial charge in [0.05, 0.1) is 17.6 Å². The SMILES string of the molecule is CC1(C(=O)NCC2(c3cccc(F)c3)CCOCC2)CC2CCC1O2. The Labute approximate surface area is 148 Å². The van der Waals surface area contributed by atoms with E-state index in [0.29, 0.717) is 19.8 Å². The summed E-state index contributed by atoms with van der Waals surface area (Å²) in [6.45, 7) is 3.81. The van der Waals surface area contributed by atoms with Crippen molar-refractivity contribution in [1.29, 1.82) is 0 Å². The Morgan fingerprint density at radius 2 is 2.12 bits per heavy atom. The molecule has 0 aliphatic carbocycles. The van der Waals surface area contributed by atoms with Crippen molar-refractivity contribution in [1.82, 2.24) is 5.32 Å². The first kappa shape index (κ1) is 17.0. The van der Waals surface area contributed by atoms with Crippen LogP contribution in [0.2, 0.25) is 0 Å². The normalized spacial score (nSPS) is 33.4. The minimum Gasteiger partial charge on any atom is -0.381 e. The molecule has 0 spiro atoms. The number of nitrogens with one attached hydrogen (secondary N) is 1. The van der Waals surface area contributed by atoms with Crippen LogP contribution < -0.4 is 5.32 Å². The van der Waals surface area contributed by atoms with E-state index >= 15 is 0 Å². The number of halogens is 1. The molecule has 3 aliphatic heterocycles. The topological polar surface area (TPSA) is 47.6 Å². The number of hydrogen-bond donors (Lipinski definition) is 1. The second-order valence-electron chi connectivity index (χ2n) is 8.03. The zero-order chi connectivity index (χ0) is 17.5. The number of rotatable bonds is 4. The summed E-state index contributed by atoms with van der Waals surface area (Å²) in [6, 6.07) is 6.76. The maximum Gasteiger partial charge on any atom is 0.228 e. The lowest BCUT2D eigenvalue weighted by Gasteiger charge is -2.39. The molecule has 4 nitrogen and oxygen atoms in total. The standard InChI is InChI=1S/C20H26FNO3/c1-19(12-16-5-6-17(19)25-16)18(23)22-13-20(7-9-24-10-8-20)14-3-2-4-15(21)11-14/h2-4,11,16-17H,5-10,12-13H2,1H3,(H,22,23). The molecule has 5 heteroatoms. The van der Waals surface area contributed by atoms with E-state index in [1.807, 2.05) is 13.0 Å². The molecular weight excluding hydrogens is 321 g/mol. The lowest BCUT2D eigenvalue weighted by atomic mass is 9.72. The molecule has 4 rings (SSSR count). The highest BCUT2D eigenvalue weighted by Crippen LogP contribution is 2.47. The van der Waals surface area contributed by atoms with Crippen LogP contribution in [-0.4, -0.2) is 37.9 Å². The molecule has 0 radical (unpaired) electrons. The van der Waals surface area contributed by atoms with E-state index in [1.165, 1.54) is 6.07 Å². The van der Waals surface area contributed by atoms with E-state index in [4.69, 9.17) is 9.47 Å². The molecule has 2 bridgehead atoms. The number of carbonyl (C=O) groups is 1. The highest BCUT2D eigenvalue weighted by molar-refractivity contribution is 5.83. The van der Waals surface area contributed by atoms with Gasteiger partial charge in [-0.2, -0.15) is 0 Å². The van der Waals surface area contributed by atoms with Gasteiger partial charge in [0.15, 0.2) is 0 Å². The van der Waals surface area contributed by atoms with Crippen molar-refractivity contribution in [3.63, 3.8) is 0 Å². The number of fused-ring (bicyclic) bond motifs is 2. The first-order chi connectivity index (χ1) is 12.0.